The van der Waals surface area contributed by atoms with E-state index in [1.54, 1.807) is 13.1 Å². The predicted octanol–water partition coefficient (Wildman–Crippen LogP) is 1.11. The van der Waals surface area contributed by atoms with E-state index in [1.165, 1.54) is 12.2 Å². The predicted molar refractivity (Wildman–Crippen MR) is 137 cm³/mol. The number of hydrogen-bond donors (Lipinski definition) is 5. The first kappa shape index (κ1) is 24.0. The molecule has 33 heavy (non-hydrogen) atoms. The van der Waals surface area contributed by atoms with Gasteiger partial charge < -0.3 is 21.8 Å². The summed E-state index contributed by atoms with van der Waals surface area (Å²) in [6, 6.07) is 8.01. The molecule has 172 valence electrons. The molecule has 1 aliphatic rings. The third-order valence-corrected chi connectivity index (χ3v) is 5.54. The second kappa shape index (κ2) is 11.3. The van der Waals surface area contributed by atoms with Gasteiger partial charge >= 0.3 is 0 Å². The Morgan fingerprint density at radius 1 is 1.27 bits per heavy atom. The van der Waals surface area contributed by atoms with Gasteiger partial charge in [-0.2, -0.15) is 0 Å². The summed E-state index contributed by atoms with van der Waals surface area (Å²) in [4.78, 5) is 14.5. The molecule has 0 unspecified atom stereocenters. The lowest BCUT2D eigenvalue weighted by atomic mass is 10.0. The van der Waals surface area contributed by atoms with Crippen molar-refractivity contribution in [3.05, 3.63) is 59.9 Å². The van der Waals surface area contributed by atoms with Crippen LogP contribution < -0.4 is 16.5 Å². The standard InChI is InChI=1S/C25H32N8/c1-3-33-15-19(16-33)12-30-13-22(11-26)21-10-20-8-18(5-6-23(20)31-14-21)9-25(29)32-24(28)7-4-17(2)27/h4-8,10-11,13-14,19,27H,3,9,12,15-16,26H2,1-2H3,(H3,28,29,32)/p+1/b7-4-,22-11?,27-17?,30-13?. The van der Waals surface area contributed by atoms with E-state index >= 15 is 0 Å². The fraction of sp³-hybridized carbons (Fsp3) is 0.320. The van der Waals surface area contributed by atoms with Crippen LogP contribution in [0.3, 0.4) is 0 Å². The smallest absolute Gasteiger partial charge is 0.171 e. The van der Waals surface area contributed by atoms with Crippen molar-refractivity contribution in [1.82, 2.24) is 9.88 Å². The van der Waals surface area contributed by atoms with Gasteiger partial charge in [-0.1, -0.05) is 13.0 Å². The number of benzene rings is 1. The lowest BCUT2D eigenvalue weighted by Crippen LogP contribution is -2.74. The van der Waals surface area contributed by atoms with Crippen molar-refractivity contribution in [2.45, 2.75) is 20.3 Å². The summed E-state index contributed by atoms with van der Waals surface area (Å²) in [6.45, 7) is 8.16. The highest BCUT2D eigenvalue weighted by Crippen LogP contribution is 2.19. The van der Waals surface area contributed by atoms with Crippen molar-refractivity contribution in [3.63, 3.8) is 0 Å². The number of nitrogens with two attached hydrogens (primary N) is 2. The average Bonchev–Trinajstić information content (AvgIpc) is 2.76. The van der Waals surface area contributed by atoms with Gasteiger partial charge in [0.2, 0.25) is 0 Å². The van der Waals surface area contributed by atoms with Gasteiger partial charge in [0.15, 0.2) is 6.21 Å². The number of amidine groups is 2. The number of rotatable bonds is 9. The Labute approximate surface area is 194 Å². The molecule has 0 bridgehead atoms. The van der Waals surface area contributed by atoms with Crippen LogP contribution in [-0.2, 0) is 6.42 Å². The molecule has 1 aliphatic heterocycles. The van der Waals surface area contributed by atoms with Crippen molar-refractivity contribution in [3.8, 4) is 0 Å². The number of fused-ring (bicyclic) bond motifs is 1. The monoisotopic (exact) mass is 445 g/mol. The molecule has 1 saturated heterocycles. The van der Waals surface area contributed by atoms with Crippen molar-refractivity contribution >= 4 is 40.1 Å². The maximum Gasteiger partial charge on any atom is 0.171 e. The normalized spacial score (nSPS) is 16.1. The molecule has 1 fully saturated rings. The van der Waals surface area contributed by atoms with E-state index in [-0.39, 0.29) is 5.84 Å². The van der Waals surface area contributed by atoms with Crippen LogP contribution in [0.1, 0.15) is 25.0 Å². The molecule has 0 spiro atoms. The number of likely N-dealkylation sites (tertiary alicyclic amines) is 1. The van der Waals surface area contributed by atoms with Crippen molar-refractivity contribution in [2.75, 3.05) is 26.2 Å². The second-order valence-electron chi connectivity index (χ2n) is 8.33. The van der Waals surface area contributed by atoms with Crippen LogP contribution in [-0.4, -0.2) is 59.7 Å². The quantitative estimate of drug-likeness (QED) is 0.291. The molecule has 0 amide bonds. The fourth-order valence-electron chi connectivity index (χ4n) is 3.72. The van der Waals surface area contributed by atoms with Crippen LogP contribution in [0.5, 0.6) is 0 Å². The largest absolute Gasteiger partial charge is 0.404 e. The Kier molecular flexibility index (Phi) is 8.21. The van der Waals surface area contributed by atoms with E-state index in [9.17, 15) is 0 Å². The molecule has 7 N–H and O–H groups in total. The Balaban J connectivity index is 1.70. The number of aromatic nitrogens is 1. The molecule has 0 radical (unpaired) electrons. The molecule has 8 nitrogen and oxygen atoms in total. The number of hydrogen-bond acceptors (Lipinski definition) is 5. The molecular weight excluding hydrogens is 412 g/mol. The first-order valence-corrected chi connectivity index (χ1v) is 11.1. The van der Waals surface area contributed by atoms with Gasteiger partial charge in [-0.25, -0.2) is 9.98 Å². The van der Waals surface area contributed by atoms with Gasteiger partial charge in [0.1, 0.15) is 18.2 Å². The summed E-state index contributed by atoms with van der Waals surface area (Å²) in [7, 11) is 0. The Morgan fingerprint density at radius 2 is 2.06 bits per heavy atom. The molecule has 0 saturated carbocycles. The number of nitrogens with zero attached hydrogens (tertiary/aromatic N) is 3. The van der Waals surface area contributed by atoms with Crippen LogP contribution in [0.4, 0.5) is 0 Å². The summed E-state index contributed by atoms with van der Waals surface area (Å²) in [5, 5.41) is 16.2. The van der Waals surface area contributed by atoms with E-state index in [4.69, 9.17) is 22.3 Å². The van der Waals surface area contributed by atoms with E-state index in [2.05, 4.69) is 32.9 Å². The highest BCUT2D eigenvalue weighted by Gasteiger charge is 2.26. The van der Waals surface area contributed by atoms with Crippen molar-refractivity contribution in [1.29, 1.82) is 10.8 Å². The van der Waals surface area contributed by atoms with Crippen LogP contribution in [0.2, 0.25) is 0 Å². The summed E-state index contributed by atoms with van der Waals surface area (Å²) < 4.78 is 0. The fourth-order valence-corrected chi connectivity index (χ4v) is 3.72. The second-order valence-corrected chi connectivity index (χ2v) is 8.33. The minimum atomic E-state index is 0.0221. The number of pyridine rings is 1. The Hall–Kier alpha value is -3.65. The highest BCUT2D eigenvalue weighted by molar-refractivity contribution is 6.08. The van der Waals surface area contributed by atoms with Gasteiger partial charge in [-0.15, -0.1) is 0 Å². The topological polar surface area (TPSA) is 142 Å². The van der Waals surface area contributed by atoms with Crippen molar-refractivity contribution < 1.29 is 4.99 Å². The zero-order valence-corrected chi connectivity index (χ0v) is 19.3. The van der Waals surface area contributed by atoms with Gasteiger partial charge in [0.25, 0.3) is 0 Å². The van der Waals surface area contributed by atoms with E-state index < -0.39 is 0 Å². The zero-order valence-electron chi connectivity index (χ0n) is 19.3. The summed E-state index contributed by atoms with van der Waals surface area (Å²) in [5.74, 6) is 1.04. The lowest BCUT2D eigenvalue weighted by molar-refractivity contribution is -0.464. The average molecular weight is 446 g/mol. The molecule has 3 rings (SSSR count). The van der Waals surface area contributed by atoms with Crippen LogP contribution in [0.25, 0.3) is 16.5 Å². The van der Waals surface area contributed by atoms with Crippen LogP contribution >= 0.6 is 0 Å². The van der Waals surface area contributed by atoms with Gasteiger partial charge in [-0.05, 0) is 49.4 Å². The molecule has 2 aromatic rings. The van der Waals surface area contributed by atoms with E-state index in [0.717, 1.165) is 53.8 Å². The van der Waals surface area contributed by atoms with E-state index in [1.807, 2.05) is 30.6 Å². The maximum atomic E-state index is 7.83. The number of allylic oxidation sites excluding steroid dienone is 2. The molecule has 1 aromatic carbocycles. The summed E-state index contributed by atoms with van der Waals surface area (Å²) in [6.07, 6.45) is 8.78. The summed E-state index contributed by atoms with van der Waals surface area (Å²) >= 11 is 0. The zero-order chi connectivity index (χ0) is 23.8. The molecule has 0 atom stereocenters. The molecule has 0 aliphatic carbocycles. The van der Waals surface area contributed by atoms with Gasteiger partial charge in [0.05, 0.1) is 11.1 Å². The van der Waals surface area contributed by atoms with Gasteiger partial charge in [-0.3, -0.25) is 10.4 Å². The molecule has 8 heteroatoms. The number of aliphatic imine (C=N–C) groups is 1. The van der Waals surface area contributed by atoms with Crippen molar-refractivity contribution in [2.24, 2.45) is 22.4 Å². The molecule has 2 heterocycles. The molecule has 1 aromatic heterocycles. The molecular formula is C25H33N8+. The van der Waals surface area contributed by atoms with E-state index in [0.29, 0.717) is 23.9 Å². The van der Waals surface area contributed by atoms with Crippen LogP contribution in [0, 0.1) is 16.7 Å². The first-order chi connectivity index (χ1) is 15.9. The SMILES string of the molecule is CCN1CC(C[NH+]=CC(=CN)c2cnc3ccc(CC(N)=NC(=N)/C=C\C(C)=N)cc3c2)C1. The number of nitrogens with one attached hydrogen (secondary N) is 3. The third-order valence-electron chi connectivity index (χ3n) is 5.54. The maximum absolute atomic E-state index is 7.83. The van der Waals surface area contributed by atoms with Gasteiger partial charge in [0, 0.05) is 54.5 Å². The Morgan fingerprint density at radius 3 is 2.76 bits per heavy atom. The minimum Gasteiger partial charge on any atom is -0.404 e. The highest BCUT2D eigenvalue weighted by atomic mass is 15.2. The minimum absolute atomic E-state index is 0.0221. The van der Waals surface area contributed by atoms with Crippen LogP contribution in [0.15, 0.2) is 53.8 Å². The Bertz CT molecular complexity index is 1140. The first-order valence-electron chi connectivity index (χ1n) is 11.1. The third kappa shape index (κ3) is 6.92. The lowest BCUT2D eigenvalue weighted by Gasteiger charge is -2.35. The summed E-state index contributed by atoms with van der Waals surface area (Å²) in [5.41, 5.74) is 16.0.